The maximum Gasteiger partial charge on any atom is 0.313 e. The number of carbonyl (C=O) groups is 2. The van der Waals surface area contributed by atoms with Gasteiger partial charge in [-0.2, -0.15) is 0 Å². The topological polar surface area (TPSA) is 58.2 Å². The first kappa shape index (κ1) is 15.5. The summed E-state index contributed by atoms with van der Waals surface area (Å²) < 4.78 is 0. The molecule has 0 spiro atoms. The quantitative estimate of drug-likeness (QED) is 0.660. The SMILES string of the molecule is CC(C)(C)c1ccc(NC(=O)C(=O)NCCCl)cc1. The number of rotatable bonds is 3. The Labute approximate surface area is 118 Å². The van der Waals surface area contributed by atoms with Gasteiger partial charge in [0.05, 0.1) is 0 Å². The van der Waals surface area contributed by atoms with Crippen LogP contribution in [0, 0.1) is 0 Å². The Bertz CT molecular complexity index is 450. The third-order valence-electron chi connectivity index (χ3n) is 2.60. The average Bonchev–Trinajstić information content (AvgIpc) is 2.35. The van der Waals surface area contributed by atoms with E-state index in [-0.39, 0.29) is 17.8 Å². The number of hydrogen-bond donors (Lipinski definition) is 2. The van der Waals surface area contributed by atoms with E-state index in [0.717, 1.165) is 5.56 Å². The fraction of sp³-hybridized carbons (Fsp3) is 0.429. The number of benzene rings is 1. The number of carbonyl (C=O) groups excluding carboxylic acids is 2. The van der Waals surface area contributed by atoms with Crippen molar-refractivity contribution in [2.24, 2.45) is 0 Å². The van der Waals surface area contributed by atoms with Crippen LogP contribution in [0.15, 0.2) is 24.3 Å². The van der Waals surface area contributed by atoms with Gasteiger partial charge in [0, 0.05) is 18.1 Å². The van der Waals surface area contributed by atoms with Crippen LogP contribution in [0.5, 0.6) is 0 Å². The van der Waals surface area contributed by atoms with E-state index in [1.54, 1.807) is 12.1 Å². The van der Waals surface area contributed by atoms with Crippen LogP contribution in [0.1, 0.15) is 26.3 Å². The second kappa shape index (κ2) is 6.57. The molecule has 0 heterocycles. The van der Waals surface area contributed by atoms with E-state index in [1.165, 1.54) is 0 Å². The van der Waals surface area contributed by atoms with Crippen LogP contribution in [0.3, 0.4) is 0 Å². The number of alkyl halides is 1. The van der Waals surface area contributed by atoms with Gasteiger partial charge < -0.3 is 10.6 Å². The molecule has 0 aliphatic carbocycles. The molecule has 0 radical (unpaired) electrons. The van der Waals surface area contributed by atoms with E-state index < -0.39 is 11.8 Å². The minimum absolute atomic E-state index is 0.0558. The van der Waals surface area contributed by atoms with Crippen LogP contribution < -0.4 is 10.6 Å². The van der Waals surface area contributed by atoms with Crippen LogP contribution in [-0.2, 0) is 15.0 Å². The van der Waals surface area contributed by atoms with Gasteiger partial charge in [0.1, 0.15) is 0 Å². The molecule has 0 aliphatic rings. The number of anilines is 1. The van der Waals surface area contributed by atoms with Gasteiger partial charge in [0.15, 0.2) is 0 Å². The first-order valence-corrected chi connectivity index (χ1v) is 6.63. The van der Waals surface area contributed by atoms with Crippen molar-refractivity contribution in [3.63, 3.8) is 0 Å². The highest BCUT2D eigenvalue weighted by molar-refractivity contribution is 6.39. The van der Waals surface area contributed by atoms with Crippen molar-refractivity contribution in [1.29, 1.82) is 0 Å². The van der Waals surface area contributed by atoms with Crippen LogP contribution >= 0.6 is 11.6 Å². The summed E-state index contributed by atoms with van der Waals surface area (Å²) in [7, 11) is 0. The van der Waals surface area contributed by atoms with E-state index >= 15 is 0 Å². The molecule has 5 heteroatoms. The lowest BCUT2D eigenvalue weighted by molar-refractivity contribution is -0.136. The molecule has 2 amide bonds. The summed E-state index contributed by atoms with van der Waals surface area (Å²) in [6.07, 6.45) is 0. The highest BCUT2D eigenvalue weighted by Crippen LogP contribution is 2.23. The predicted molar refractivity (Wildman–Crippen MR) is 77.5 cm³/mol. The molecular weight excluding hydrogens is 264 g/mol. The van der Waals surface area contributed by atoms with Gasteiger partial charge in [-0.25, -0.2) is 0 Å². The molecule has 4 nitrogen and oxygen atoms in total. The van der Waals surface area contributed by atoms with Crippen molar-refractivity contribution < 1.29 is 9.59 Å². The summed E-state index contributed by atoms with van der Waals surface area (Å²) in [5.41, 5.74) is 1.82. The predicted octanol–water partition coefficient (Wildman–Crippen LogP) is 2.28. The maximum atomic E-state index is 11.5. The summed E-state index contributed by atoms with van der Waals surface area (Å²) in [5, 5.41) is 4.94. The van der Waals surface area contributed by atoms with Crippen LogP contribution in [0.4, 0.5) is 5.69 Å². The second-order valence-electron chi connectivity index (χ2n) is 5.23. The van der Waals surface area contributed by atoms with E-state index in [2.05, 4.69) is 31.4 Å². The molecule has 19 heavy (non-hydrogen) atoms. The van der Waals surface area contributed by atoms with Gasteiger partial charge in [-0.05, 0) is 23.1 Å². The monoisotopic (exact) mass is 282 g/mol. The zero-order valence-corrected chi connectivity index (χ0v) is 12.2. The molecule has 0 saturated carbocycles. The molecule has 0 saturated heterocycles. The summed E-state index contributed by atoms with van der Waals surface area (Å²) in [6.45, 7) is 6.61. The van der Waals surface area contributed by atoms with E-state index in [4.69, 9.17) is 11.6 Å². The molecule has 2 N–H and O–H groups in total. The molecule has 0 aromatic heterocycles. The van der Waals surface area contributed by atoms with Gasteiger partial charge in [-0.3, -0.25) is 9.59 Å². The van der Waals surface area contributed by atoms with Crippen LogP contribution in [0.25, 0.3) is 0 Å². The minimum Gasteiger partial charge on any atom is -0.347 e. The first-order chi connectivity index (χ1) is 8.84. The van der Waals surface area contributed by atoms with Gasteiger partial charge in [0.2, 0.25) is 0 Å². The summed E-state index contributed by atoms with van der Waals surface area (Å²) in [4.78, 5) is 22.9. The van der Waals surface area contributed by atoms with Gasteiger partial charge in [0.25, 0.3) is 0 Å². The van der Waals surface area contributed by atoms with E-state index in [9.17, 15) is 9.59 Å². The average molecular weight is 283 g/mol. The number of amides is 2. The largest absolute Gasteiger partial charge is 0.347 e. The number of nitrogens with one attached hydrogen (secondary N) is 2. The van der Waals surface area contributed by atoms with E-state index in [1.807, 2.05) is 12.1 Å². The molecule has 1 aromatic carbocycles. The Morgan fingerprint density at radius 2 is 1.68 bits per heavy atom. The Balaban J connectivity index is 2.63. The smallest absolute Gasteiger partial charge is 0.313 e. The lowest BCUT2D eigenvalue weighted by Gasteiger charge is -2.19. The number of hydrogen-bond acceptors (Lipinski definition) is 2. The minimum atomic E-state index is -0.686. The van der Waals surface area contributed by atoms with Gasteiger partial charge >= 0.3 is 11.8 Å². The maximum absolute atomic E-state index is 11.5. The fourth-order valence-electron chi connectivity index (χ4n) is 1.48. The molecule has 1 rings (SSSR count). The van der Waals surface area contributed by atoms with Crippen molar-refractivity contribution >= 4 is 29.1 Å². The molecule has 104 valence electrons. The Hall–Kier alpha value is -1.55. The third kappa shape index (κ3) is 4.91. The molecule has 0 unspecified atom stereocenters. The van der Waals surface area contributed by atoms with Crippen molar-refractivity contribution in [2.75, 3.05) is 17.7 Å². The summed E-state index contributed by atoms with van der Waals surface area (Å²) >= 11 is 5.42. The molecule has 0 atom stereocenters. The Morgan fingerprint density at radius 3 is 2.16 bits per heavy atom. The number of halogens is 1. The zero-order chi connectivity index (χ0) is 14.5. The highest BCUT2D eigenvalue weighted by atomic mass is 35.5. The summed E-state index contributed by atoms with van der Waals surface area (Å²) in [5.74, 6) is -1.09. The normalized spacial score (nSPS) is 10.9. The molecule has 0 fully saturated rings. The van der Waals surface area contributed by atoms with Gasteiger partial charge in [-0.15, -0.1) is 11.6 Å². The molecule has 0 bridgehead atoms. The zero-order valence-electron chi connectivity index (χ0n) is 11.4. The van der Waals surface area contributed by atoms with E-state index in [0.29, 0.717) is 5.69 Å². The van der Waals surface area contributed by atoms with Crippen molar-refractivity contribution in [2.45, 2.75) is 26.2 Å². The van der Waals surface area contributed by atoms with Crippen LogP contribution in [-0.4, -0.2) is 24.2 Å². The summed E-state index contributed by atoms with van der Waals surface area (Å²) in [6, 6.07) is 7.44. The molecule has 1 aromatic rings. The molecule has 0 aliphatic heterocycles. The first-order valence-electron chi connectivity index (χ1n) is 6.10. The highest BCUT2D eigenvalue weighted by Gasteiger charge is 2.15. The van der Waals surface area contributed by atoms with Crippen LogP contribution in [0.2, 0.25) is 0 Å². The second-order valence-corrected chi connectivity index (χ2v) is 5.60. The van der Waals surface area contributed by atoms with Gasteiger partial charge in [-0.1, -0.05) is 32.9 Å². The lowest BCUT2D eigenvalue weighted by Crippen LogP contribution is -2.36. The fourth-order valence-corrected chi connectivity index (χ4v) is 1.58. The van der Waals surface area contributed by atoms with Crippen molar-refractivity contribution in [3.05, 3.63) is 29.8 Å². The Morgan fingerprint density at radius 1 is 1.11 bits per heavy atom. The standard InChI is InChI=1S/C14H19ClN2O2/c1-14(2,3)10-4-6-11(7-5-10)17-13(19)12(18)16-9-8-15/h4-7H,8-9H2,1-3H3,(H,16,18)(H,17,19). The van der Waals surface area contributed by atoms with Crippen molar-refractivity contribution in [1.82, 2.24) is 5.32 Å². The Kier molecular flexibility index (Phi) is 5.36. The lowest BCUT2D eigenvalue weighted by atomic mass is 9.87. The third-order valence-corrected chi connectivity index (χ3v) is 2.78. The van der Waals surface area contributed by atoms with Crippen molar-refractivity contribution in [3.8, 4) is 0 Å². The molecular formula is C14H19ClN2O2.